The molecule has 2 fully saturated rings. The van der Waals surface area contributed by atoms with Gasteiger partial charge in [0.05, 0.1) is 19.3 Å². The number of H-pyrrole nitrogens is 1. The molecule has 8 heteroatoms. The normalized spacial score (nSPS) is 37.5. The number of nitrogens with one attached hydrogen (secondary N) is 1. The average molecular weight is 270 g/mol. The molecule has 0 spiro atoms. The molecule has 2 aliphatic heterocycles. The van der Waals surface area contributed by atoms with Crippen LogP contribution in [0.5, 0.6) is 0 Å². The summed E-state index contributed by atoms with van der Waals surface area (Å²) in [4.78, 5) is 24.9. The molecule has 19 heavy (non-hydrogen) atoms. The van der Waals surface area contributed by atoms with E-state index in [2.05, 4.69) is 4.98 Å². The fourth-order valence-electron chi connectivity index (χ4n) is 2.58. The van der Waals surface area contributed by atoms with Crippen LogP contribution in [-0.4, -0.2) is 50.8 Å². The Morgan fingerprint density at radius 1 is 1.53 bits per heavy atom. The van der Waals surface area contributed by atoms with Crippen LogP contribution in [0.15, 0.2) is 21.9 Å². The van der Waals surface area contributed by atoms with Gasteiger partial charge in [-0.2, -0.15) is 0 Å². The fraction of sp³-hybridized carbons (Fsp3) is 0.636. The number of fused-ring (bicyclic) bond motifs is 2. The van der Waals surface area contributed by atoms with Gasteiger partial charge < -0.3 is 19.7 Å². The minimum Gasteiger partial charge on any atom is -0.393 e. The molecule has 104 valence electrons. The summed E-state index contributed by atoms with van der Waals surface area (Å²) in [5, 5.41) is 19.4. The first kappa shape index (κ1) is 12.5. The number of nitrogens with zero attached hydrogens (tertiary/aromatic N) is 1. The Hall–Kier alpha value is -1.48. The van der Waals surface area contributed by atoms with Gasteiger partial charge in [-0.05, 0) is 0 Å². The van der Waals surface area contributed by atoms with E-state index in [0.717, 1.165) is 0 Å². The van der Waals surface area contributed by atoms with Crippen molar-refractivity contribution in [2.45, 2.75) is 30.5 Å². The number of hydrogen-bond donors (Lipinski definition) is 3. The van der Waals surface area contributed by atoms with E-state index in [1.807, 2.05) is 0 Å². The van der Waals surface area contributed by atoms with Crippen LogP contribution >= 0.6 is 0 Å². The average Bonchev–Trinajstić information content (AvgIpc) is 2.59. The Morgan fingerprint density at radius 2 is 2.32 bits per heavy atom. The number of aromatic amines is 1. The van der Waals surface area contributed by atoms with E-state index in [-0.39, 0.29) is 13.0 Å². The van der Waals surface area contributed by atoms with Crippen molar-refractivity contribution in [3.63, 3.8) is 0 Å². The zero-order valence-corrected chi connectivity index (χ0v) is 9.98. The highest BCUT2D eigenvalue weighted by atomic mass is 16.6. The molecule has 3 rings (SSSR count). The van der Waals surface area contributed by atoms with Crippen LogP contribution in [0.4, 0.5) is 0 Å². The third-order valence-corrected chi connectivity index (χ3v) is 3.67. The standard InChI is InChI=1S/C11H14N2O6/c14-4-11-5-18-6(9(11)16)3-8(19-11)13-2-1-7(15)12-10(13)17/h1-2,6,8-9,14,16H,3-5H2,(H,12,15,17)/t6?,8?,9-,11?/m0/s1. The molecular formula is C11H14N2O6. The Kier molecular flexibility index (Phi) is 2.82. The maximum atomic E-state index is 11.7. The highest BCUT2D eigenvalue weighted by Crippen LogP contribution is 2.40. The highest BCUT2D eigenvalue weighted by molar-refractivity contribution is 5.03. The maximum absolute atomic E-state index is 11.7. The summed E-state index contributed by atoms with van der Waals surface area (Å²) in [6.07, 6.45) is -0.507. The van der Waals surface area contributed by atoms with Crippen molar-refractivity contribution >= 4 is 0 Å². The summed E-state index contributed by atoms with van der Waals surface area (Å²) in [6, 6.07) is 1.21. The summed E-state index contributed by atoms with van der Waals surface area (Å²) >= 11 is 0. The molecule has 0 aliphatic carbocycles. The van der Waals surface area contributed by atoms with Crippen LogP contribution in [0.1, 0.15) is 12.6 Å². The molecule has 0 amide bonds. The van der Waals surface area contributed by atoms with Gasteiger partial charge in [-0.1, -0.05) is 0 Å². The lowest BCUT2D eigenvalue weighted by molar-refractivity contribution is -0.208. The Bertz CT molecular complexity index is 595. The second-order valence-electron chi connectivity index (χ2n) is 4.84. The lowest BCUT2D eigenvalue weighted by Gasteiger charge is -2.39. The minimum atomic E-state index is -1.21. The van der Waals surface area contributed by atoms with Crippen LogP contribution in [0.25, 0.3) is 0 Å². The molecule has 3 heterocycles. The molecular weight excluding hydrogens is 256 g/mol. The van der Waals surface area contributed by atoms with Crippen molar-refractivity contribution in [3.05, 3.63) is 33.1 Å². The van der Waals surface area contributed by atoms with E-state index in [0.29, 0.717) is 0 Å². The van der Waals surface area contributed by atoms with Gasteiger partial charge in [0.15, 0.2) is 0 Å². The molecule has 2 aliphatic rings. The summed E-state index contributed by atoms with van der Waals surface area (Å²) in [5.74, 6) is 0. The largest absolute Gasteiger partial charge is 0.393 e. The zero-order chi connectivity index (χ0) is 13.6. The van der Waals surface area contributed by atoms with Gasteiger partial charge in [-0.3, -0.25) is 14.3 Å². The molecule has 3 unspecified atom stereocenters. The predicted molar refractivity (Wildman–Crippen MR) is 61.6 cm³/mol. The maximum Gasteiger partial charge on any atom is 0.330 e. The third kappa shape index (κ3) is 1.84. The second-order valence-corrected chi connectivity index (χ2v) is 4.84. The lowest BCUT2D eigenvalue weighted by Crippen LogP contribution is -2.55. The van der Waals surface area contributed by atoms with Gasteiger partial charge >= 0.3 is 5.69 Å². The summed E-state index contributed by atoms with van der Waals surface area (Å²) in [7, 11) is 0. The van der Waals surface area contributed by atoms with E-state index < -0.39 is 41.9 Å². The van der Waals surface area contributed by atoms with Gasteiger partial charge in [-0.15, -0.1) is 0 Å². The molecule has 0 aromatic carbocycles. The second kappa shape index (κ2) is 4.27. The van der Waals surface area contributed by atoms with Gasteiger partial charge in [0.2, 0.25) is 0 Å². The van der Waals surface area contributed by atoms with E-state index in [1.54, 1.807) is 0 Å². The highest BCUT2D eigenvalue weighted by Gasteiger charge is 2.56. The molecule has 1 aromatic heterocycles. The molecule has 0 radical (unpaired) electrons. The number of ether oxygens (including phenoxy) is 2. The number of rotatable bonds is 2. The summed E-state index contributed by atoms with van der Waals surface area (Å²) in [6.45, 7) is -0.330. The molecule has 2 bridgehead atoms. The van der Waals surface area contributed by atoms with Crippen molar-refractivity contribution in [3.8, 4) is 0 Å². The van der Waals surface area contributed by atoms with Crippen LogP contribution < -0.4 is 11.2 Å². The quantitative estimate of drug-likeness (QED) is 0.570. The van der Waals surface area contributed by atoms with E-state index >= 15 is 0 Å². The molecule has 4 atom stereocenters. The number of aliphatic hydroxyl groups is 2. The van der Waals surface area contributed by atoms with Crippen molar-refractivity contribution in [2.24, 2.45) is 0 Å². The van der Waals surface area contributed by atoms with Gasteiger partial charge in [-0.25, -0.2) is 4.79 Å². The topological polar surface area (TPSA) is 114 Å². The van der Waals surface area contributed by atoms with Crippen molar-refractivity contribution in [1.29, 1.82) is 0 Å². The van der Waals surface area contributed by atoms with E-state index in [4.69, 9.17) is 9.47 Å². The summed E-state index contributed by atoms with van der Waals surface area (Å²) in [5.41, 5.74) is -2.29. The Labute approximate surface area is 107 Å². The number of hydrogen-bond acceptors (Lipinski definition) is 6. The van der Waals surface area contributed by atoms with Crippen LogP contribution in [0.3, 0.4) is 0 Å². The third-order valence-electron chi connectivity index (χ3n) is 3.67. The smallest absolute Gasteiger partial charge is 0.330 e. The van der Waals surface area contributed by atoms with Crippen molar-refractivity contribution in [1.82, 2.24) is 9.55 Å². The molecule has 8 nitrogen and oxygen atoms in total. The van der Waals surface area contributed by atoms with Gasteiger partial charge in [0.25, 0.3) is 5.56 Å². The van der Waals surface area contributed by atoms with Crippen LogP contribution in [0, 0.1) is 0 Å². The number of aliphatic hydroxyl groups excluding tert-OH is 2. The molecule has 1 aromatic rings. The molecule has 0 saturated carbocycles. The zero-order valence-electron chi connectivity index (χ0n) is 9.98. The SMILES string of the molecule is O=c1ccn(C2CC3OCC(CO)(O2)[C@H]3O)c(=O)[nH]1. The molecule has 2 saturated heterocycles. The van der Waals surface area contributed by atoms with Crippen LogP contribution in [-0.2, 0) is 9.47 Å². The number of aromatic nitrogens is 2. The fourth-order valence-corrected chi connectivity index (χ4v) is 2.58. The monoisotopic (exact) mass is 270 g/mol. The molecule has 3 N–H and O–H groups in total. The minimum absolute atomic E-state index is 0.0734. The summed E-state index contributed by atoms with van der Waals surface area (Å²) < 4.78 is 12.2. The van der Waals surface area contributed by atoms with Gasteiger partial charge in [0, 0.05) is 18.7 Å². The van der Waals surface area contributed by atoms with E-state index in [9.17, 15) is 19.8 Å². The van der Waals surface area contributed by atoms with Gasteiger partial charge in [0.1, 0.15) is 17.9 Å². The first-order chi connectivity index (χ1) is 9.05. The van der Waals surface area contributed by atoms with Crippen molar-refractivity contribution in [2.75, 3.05) is 13.2 Å². The van der Waals surface area contributed by atoms with E-state index in [1.165, 1.54) is 16.8 Å². The predicted octanol–water partition coefficient (Wildman–Crippen LogP) is -2.05. The Balaban J connectivity index is 1.96. The lowest BCUT2D eigenvalue weighted by atomic mass is 9.92. The van der Waals surface area contributed by atoms with Crippen LogP contribution in [0.2, 0.25) is 0 Å². The van der Waals surface area contributed by atoms with Crippen molar-refractivity contribution < 1.29 is 19.7 Å². The Morgan fingerprint density at radius 3 is 3.00 bits per heavy atom. The first-order valence-corrected chi connectivity index (χ1v) is 5.95. The first-order valence-electron chi connectivity index (χ1n) is 5.95.